The van der Waals surface area contributed by atoms with Crippen molar-refractivity contribution in [3.05, 3.63) is 82.9 Å². The minimum atomic E-state index is -4.73. The smallest absolute Gasteiger partial charge is 0.417 e. The van der Waals surface area contributed by atoms with E-state index < -0.39 is 22.8 Å². The second-order valence-electron chi connectivity index (χ2n) is 9.38. The van der Waals surface area contributed by atoms with E-state index in [0.29, 0.717) is 33.4 Å². The Morgan fingerprint density at radius 1 is 0.975 bits per heavy atom. The van der Waals surface area contributed by atoms with Gasteiger partial charge in [-0.15, -0.1) is 0 Å². The van der Waals surface area contributed by atoms with Crippen molar-refractivity contribution in [1.82, 2.24) is 0 Å². The van der Waals surface area contributed by atoms with Crippen molar-refractivity contribution in [2.45, 2.75) is 32.5 Å². The lowest BCUT2D eigenvalue weighted by Crippen LogP contribution is -2.45. The lowest BCUT2D eigenvalue weighted by Gasteiger charge is -2.31. The highest BCUT2D eigenvalue weighted by Gasteiger charge is 2.48. The first-order valence-corrected chi connectivity index (χ1v) is 12.5. The summed E-state index contributed by atoms with van der Waals surface area (Å²) in [6.45, 7) is 5.50. The number of nitrogens with one attached hydrogen (secondary N) is 1. The highest BCUT2D eigenvalue weighted by Crippen LogP contribution is 2.38. The Bertz CT molecular complexity index is 1640. The van der Waals surface area contributed by atoms with Crippen molar-refractivity contribution >= 4 is 57.6 Å². The van der Waals surface area contributed by atoms with E-state index in [0.717, 1.165) is 12.1 Å². The number of rotatable bonds is 3. The van der Waals surface area contributed by atoms with Crippen LogP contribution in [0.15, 0.2) is 65.7 Å². The molecule has 0 atom stereocenters. The second kappa shape index (κ2) is 10.6. The van der Waals surface area contributed by atoms with E-state index in [1.54, 1.807) is 48.2 Å². The highest BCUT2D eigenvalue weighted by molar-refractivity contribution is 7.81. The molecule has 3 aromatic rings. The van der Waals surface area contributed by atoms with Crippen LogP contribution in [0.2, 0.25) is 0 Å². The number of anilines is 3. The molecule has 0 aromatic heterocycles. The molecule has 0 unspecified atom stereocenters. The summed E-state index contributed by atoms with van der Waals surface area (Å²) in [7, 11) is 0. The fourth-order valence-electron chi connectivity index (χ4n) is 4.37. The minimum Gasteiger partial charge on any atom is -0.508 e. The van der Waals surface area contributed by atoms with Crippen LogP contribution in [-0.4, -0.2) is 26.7 Å². The number of hydrogen-bond donors (Lipinski definition) is 2. The van der Waals surface area contributed by atoms with Crippen LogP contribution >= 0.6 is 24.4 Å². The first kappa shape index (κ1) is 28.5. The molecule has 0 spiro atoms. The number of halogens is 3. The number of aliphatic imine (C=N–C) groups is 1. The average Bonchev–Trinajstić information content (AvgIpc) is 3.08. The number of phenolic OH excluding ortho intramolecular Hbond substituents is 1. The van der Waals surface area contributed by atoms with Crippen molar-refractivity contribution in [3.8, 4) is 17.9 Å². The Balaban J connectivity index is 1.80. The molecule has 202 valence electrons. The predicted molar refractivity (Wildman–Crippen MR) is 155 cm³/mol. The molecule has 4 rings (SSSR count). The summed E-state index contributed by atoms with van der Waals surface area (Å²) >= 11 is 11.3. The number of aryl methyl sites for hydroxylation is 1. The molecule has 0 saturated carbocycles. The first-order chi connectivity index (χ1) is 18.8. The molecule has 0 aliphatic carbocycles. The Kier molecular flexibility index (Phi) is 7.52. The van der Waals surface area contributed by atoms with Crippen molar-refractivity contribution in [1.29, 1.82) is 10.5 Å². The van der Waals surface area contributed by atoms with E-state index in [4.69, 9.17) is 29.7 Å². The summed E-state index contributed by atoms with van der Waals surface area (Å²) in [4.78, 5) is 8.11. The topological polar surface area (TPSA) is 98.7 Å². The van der Waals surface area contributed by atoms with Crippen molar-refractivity contribution < 1.29 is 18.3 Å². The van der Waals surface area contributed by atoms with Gasteiger partial charge in [-0.2, -0.15) is 23.7 Å². The number of aromatic hydroxyl groups is 1. The van der Waals surface area contributed by atoms with Gasteiger partial charge in [0.1, 0.15) is 17.1 Å². The van der Waals surface area contributed by atoms with Gasteiger partial charge in [0.15, 0.2) is 10.2 Å². The highest BCUT2D eigenvalue weighted by atomic mass is 32.1. The number of phenols is 1. The van der Waals surface area contributed by atoms with Gasteiger partial charge in [-0.05, 0) is 111 Å². The molecular weight excluding hydrogens is 557 g/mol. The number of thiocarbonyl (C=S) groups is 2. The van der Waals surface area contributed by atoms with Gasteiger partial charge < -0.3 is 15.3 Å². The third-order valence-electron chi connectivity index (χ3n) is 6.30. The van der Waals surface area contributed by atoms with E-state index in [1.165, 1.54) is 18.2 Å². The SMILES string of the molecule is Cc1cc(N2C(=S)N(c3ccc(O)cc3)C(C)(C)C2=NC(=S)Nc2ccc(C#N)c(C(F)(F)F)c2)ccc1C#N. The van der Waals surface area contributed by atoms with Gasteiger partial charge >= 0.3 is 6.18 Å². The second-order valence-corrected chi connectivity index (χ2v) is 10.1. The molecule has 1 aliphatic heterocycles. The predicted octanol–water partition coefficient (Wildman–Crippen LogP) is 6.65. The van der Waals surface area contributed by atoms with Crippen LogP contribution in [0.3, 0.4) is 0 Å². The van der Waals surface area contributed by atoms with Crippen molar-refractivity contribution in [3.63, 3.8) is 0 Å². The van der Waals surface area contributed by atoms with Crippen molar-refractivity contribution in [2.24, 2.45) is 4.99 Å². The number of alkyl halides is 3. The summed E-state index contributed by atoms with van der Waals surface area (Å²) < 4.78 is 40.4. The van der Waals surface area contributed by atoms with E-state index >= 15 is 0 Å². The number of nitrogens with zero attached hydrogens (tertiary/aromatic N) is 5. The molecule has 7 nitrogen and oxygen atoms in total. The maximum absolute atomic E-state index is 13.5. The Hall–Kier alpha value is -4.52. The molecule has 0 bridgehead atoms. The number of hydrogen-bond acceptors (Lipinski definition) is 5. The van der Waals surface area contributed by atoms with Gasteiger partial charge in [0.05, 0.1) is 28.8 Å². The normalized spacial score (nSPS) is 15.6. The summed E-state index contributed by atoms with van der Waals surface area (Å²) in [5.41, 5.74) is -0.0416. The van der Waals surface area contributed by atoms with Gasteiger partial charge in [0.2, 0.25) is 0 Å². The summed E-state index contributed by atoms with van der Waals surface area (Å²) in [6.07, 6.45) is -4.73. The molecule has 2 N–H and O–H groups in total. The zero-order chi connectivity index (χ0) is 29.4. The average molecular weight is 579 g/mol. The van der Waals surface area contributed by atoms with Gasteiger partial charge in [-0.3, -0.25) is 4.90 Å². The van der Waals surface area contributed by atoms with Gasteiger partial charge in [0.25, 0.3) is 0 Å². The van der Waals surface area contributed by atoms with E-state index in [2.05, 4.69) is 16.4 Å². The molecule has 1 aliphatic rings. The van der Waals surface area contributed by atoms with Gasteiger partial charge in [0, 0.05) is 17.1 Å². The number of amidine groups is 1. The minimum absolute atomic E-state index is 0.00946. The maximum atomic E-state index is 13.5. The molecular formula is C28H21F3N6OS2. The molecule has 1 saturated heterocycles. The fourth-order valence-corrected chi connectivity index (χ4v) is 5.10. The summed E-state index contributed by atoms with van der Waals surface area (Å²) in [5.74, 6) is 0.447. The van der Waals surface area contributed by atoms with Crippen LogP contribution in [0, 0.1) is 29.6 Å². The third-order valence-corrected chi connectivity index (χ3v) is 6.86. The summed E-state index contributed by atoms with van der Waals surface area (Å²) in [5, 5.41) is 31.2. The Labute approximate surface area is 239 Å². The molecule has 12 heteroatoms. The molecule has 1 heterocycles. The fraction of sp³-hybridized carbons (Fsp3) is 0.179. The van der Waals surface area contributed by atoms with Crippen LogP contribution < -0.4 is 15.1 Å². The van der Waals surface area contributed by atoms with Crippen molar-refractivity contribution in [2.75, 3.05) is 15.1 Å². The largest absolute Gasteiger partial charge is 0.508 e. The first-order valence-electron chi connectivity index (χ1n) is 11.7. The monoisotopic (exact) mass is 578 g/mol. The van der Waals surface area contributed by atoms with Crippen LogP contribution in [-0.2, 0) is 6.18 Å². The van der Waals surface area contributed by atoms with Gasteiger partial charge in [-0.25, -0.2) is 4.99 Å². The summed E-state index contributed by atoms with van der Waals surface area (Å²) in [6, 6.07) is 18.5. The lowest BCUT2D eigenvalue weighted by molar-refractivity contribution is -0.137. The standard InChI is InChI=1S/C28H21F3N6OS2/c1-16-12-21(7-5-17(16)14-32)36-24(27(2,3)37(26(36)40)20-8-10-22(38)11-9-20)35-25(39)34-19-6-4-18(15-33)23(13-19)28(29,30)31/h4-13,38H,1-3H3,(H,34,39). The lowest BCUT2D eigenvalue weighted by atomic mass is 10.0. The van der Waals surface area contributed by atoms with Crippen LogP contribution in [0.4, 0.5) is 30.2 Å². The molecule has 0 amide bonds. The zero-order valence-corrected chi connectivity index (χ0v) is 23.0. The van der Waals surface area contributed by atoms with Gasteiger partial charge in [-0.1, -0.05) is 0 Å². The number of nitriles is 2. The quantitative estimate of drug-likeness (QED) is 0.334. The maximum Gasteiger partial charge on any atom is 0.417 e. The number of benzene rings is 3. The molecule has 0 radical (unpaired) electrons. The third kappa shape index (κ3) is 5.32. The Morgan fingerprint density at radius 3 is 2.15 bits per heavy atom. The van der Waals surface area contributed by atoms with E-state index in [9.17, 15) is 23.5 Å². The Morgan fingerprint density at radius 2 is 1.57 bits per heavy atom. The zero-order valence-electron chi connectivity index (χ0n) is 21.4. The van der Waals surface area contributed by atoms with E-state index in [-0.39, 0.29) is 16.5 Å². The van der Waals surface area contributed by atoms with Crippen LogP contribution in [0.25, 0.3) is 0 Å². The molecule has 3 aromatic carbocycles. The van der Waals surface area contributed by atoms with E-state index in [1.807, 2.05) is 18.7 Å². The van der Waals surface area contributed by atoms with Crippen LogP contribution in [0.1, 0.15) is 36.1 Å². The molecule has 1 fully saturated rings. The van der Waals surface area contributed by atoms with Crippen LogP contribution in [0.5, 0.6) is 5.75 Å². The molecule has 40 heavy (non-hydrogen) atoms.